The van der Waals surface area contributed by atoms with Crippen molar-refractivity contribution in [1.29, 1.82) is 0 Å². The van der Waals surface area contributed by atoms with Gasteiger partial charge in [-0.1, -0.05) is 56.2 Å². The summed E-state index contributed by atoms with van der Waals surface area (Å²) < 4.78 is 11.3. The van der Waals surface area contributed by atoms with E-state index in [0.717, 1.165) is 17.5 Å². The van der Waals surface area contributed by atoms with Crippen molar-refractivity contribution in [2.45, 2.75) is 39.2 Å². The van der Waals surface area contributed by atoms with Gasteiger partial charge in [-0.05, 0) is 37.1 Å². The van der Waals surface area contributed by atoms with Crippen molar-refractivity contribution in [3.63, 3.8) is 0 Å². The lowest BCUT2D eigenvalue weighted by Crippen LogP contribution is -2.14. The van der Waals surface area contributed by atoms with Crippen molar-refractivity contribution in [1.82, 2.24) is 0 Å². The molecule has 0 bridgehead atoms. The van der Waals surface area contributed by atoms with E-state index >= 15 is 0 Å². The Balaban J connectivity index is 1.73. The normalized spacial score (nSPS) is 11.7. The fraction of sp³-hybridized carbons (Fsp3) is 0.400. The number of hydrogen-bond donors (Lipinski definition) is 0. The molecule has 0 aliphatic heterocycles. The molecule has 2 rings (SSSR count). The Morgan fingerprint density at radius 2 is 1.82 bits per heavy atom. The minimum Gasteiger partial charge on any atom is -0.483 e. The Kier molecular flexibility index (Phi) is 6.80. The van der Waals surface area contributed by atoms with Crippen molar-refractivity contribution in [2.75, 3.05) is 13.2 Å². The van der Waals surface area contributed by atoms with Crippen molar-refractivity contribution < 1.29 is 9.47 Å². The van der Waals surface area contributed by atoms with Crippen molar-refractivity contribution in [3.05, 3.63) is 54.6 Å². The molecule has 2 aromatic rings. The lowest BCUT2D eigenvalue weighted by molar-refractivity contribution is 0.0387. The summed E-state index contributed by atoms with van der Waals surface area (Å²) in [6, 6.07) is 20.3. The highest BCUT2D eigenvalue weighted by molar-refractivity contribution is 5.61. The average Bonchev–Trinajstić information content (AvgIpc) is 2.58. The first-order valence-corrected chi connectivity index (χ1v) is 8.03. The molecule has 0 heterocycles. The molecule has 0 aliphatic carbocycles. The summed E-state index contributed by atoms with van der Waals surface area (Å²) >= 11 is 0. The first-order valence-electron chi connectivity index (χ1n) is 8.03. The zero-order chi connectivity index (χ0) is 15.6. The highest BCUT2D eigenvalue weighted by Crippen LogP contribution is 2.18. The summed E-state index contributed by atoms with van der Waals surface area (Å²) in [7, 11) is 0. The van der Waals surface area contributed by atoms with E-state index in [0.29, 0.717) is 25.1 Å². The van der Waals surface area contributed by atoms with Crippen LogP contribution in [0.2, 0.25) is 0 Å². The summed E-state index contributed by atoms with van der Waals surface area (Å²) in [4.78, 5) is 0. The van der Waals surface area contributed by atoms with Crippen LogP contribution < -0.4 is 4.74 Å². The standard InChI is InChI=1S/C20H24O2/c1-3-4-8-17(2)21-15-16-22-20-13-11-19(12-14-20)18-9-6-5-7-10-18/h5-7,9-11,13,17H,3-4,8,15-16H2,1-2H3. The van der Waals surface area contributed by atoms with Crippen molar-refractivity contribution >= 4 is 0 Å². The second-order valence-corrected chi connectivity index (χ2v) is 5.40. The van der Waals surface area contributed by atoms with E-state index in [2.05, 4.69) is 38.1 Å². The molecule has 1 unspecified atom stereocenters. The van der Waals surface area contributed by atoms with Crippen molar-refractivity contribution in [2.24, 2.45) is 0 Å². The van der Waals surface area contributed by atoms with Crippen LogP contribution in [0.3, 0.4) is 0 Å². The van der Waals surface area contributed by atoms with E-state index in [1.165, 1.54) is 12.8 Å². The monoisotopic (exact) mass is 296 g/mol. The second kappa shape index (κ2) is 9.12. The Morgan fingerprint density at radius 3 is 2.50 bits per heavy atom. The molecular formula is C20H24O2. The quantitative estimate of drug-likeness (QED) is 0.611. The summed E-state index contributed by atoms with van der Waals surface area (Å²) in [6.07, 6.45) is 3.84. The van der Waals surface area contributed by atoms with Crippen LogP contribution in [-0.4, -0.2) is 19.3 Å². The highest BCUT2D eigenvalue weighted by Gasteiger charge is 2.01. The molecular weight excluding hydrogens is 272 g/mol. The Bertz CT molecular complexity index is 519. The second-order valence-electron chi connectivity index (χ2n) is 5.40. The highest BCUT2D eigenvalue weighted by atomic mass is 16.5. The predicted octanol–water partition coefficient (Wildman–Crippen LogP) is 4.93. The van der Waals surface area contributed by atoms with E-state index in [9.17, 15) is 0 Å². The molecule has 1 atom stereocenters. The van der Waals surface area contributed by atoms with Gasteiger partial charge >= 0.3 is 0 Å². The molecule has 0 saturated heterocycles. The van der Waals surface area contributed by atoms with E-state index in [1.807, 2.05) is 30.3 Å². The average molecular weight is 296 g/mol. The van der Waals surface area contributed by atoms with Crippen LogP contribution in [0.1, 0.15) is 33.1 Å². The summed E-state index contributed by atoms with van der Waals surface area (Å²) in [5.74, 6) is 0.712. The molecule has 0 spiro atoms. The molecule has 0 aromatic heterocycles. The minimum absolute atomic E-state index is 0.305. The lowest BCUT2D eigenvalue weighted by Gasteiger charge is -2.12. The predicted molar refractivity (Wildman–Crippen MR) is 90.0 cm³/mol. The lowest BCUT2D eigenvalue weighted by atomic mass is 10.1. The minimum atomic E-state index is 0.305. The first-order chi connectivity index (χ1) is 10.8. The maximum atomic E-state index is 5.71. The van der Waals surface area contributed by atoms with Gasteiger partial charge in [0, 0.05) is 5.56 Å². The number of ether oxygens (including phenoxy) is 2. The first kappa shape index (κ1) is 16.4. The number of rotatable bonds is 9. The van der Waals surface area contributed by atoms with Crippen LogP contribution in [0.4, 0.5) is 0 Å². The number of benzene rings is 1. The van der Waals surface area contributed by atoms with Gasteiger partial charge in [-0.3, -0.25) is 0 Å². The third kappa shape index (κ3) is 5.42. The third-order valence-electron chi connectivity index (χ3n) is 3.51. The molecule has 0 N–H and O–H groups in total. The fourth-order valence-electron chi connectivity index (χ4n) is 2.22. The smallest absolute Gasteiger partial charge is 0.170 e. The Hall–Kier alpha value is -1.98. The molecule has 2 heteroatoms. The van der Waals surface area contributed by atoms with Gasteiger partial charge in [-0.2, -0.15) is 0 Å². The number of unbranched alkanes of at least 4 members (excludes halogenated alkanes) is 1. The van der Waals surface area contributed by atoms with Crippen LogP contribution in [0.5, 0.6) is 5.75 Å². The van der Waals surface area contributed by atoms with Crippen LogP contribution in [0.25, 0.3) is 11.1 Å². The van der Waals surface area contributed by atoms with Gasteiger partial charge in [-0.15, -0.1) is 0 Å². The third-order valence-corrected chi connectivity index (χ3v) is 3.51. The maximum absolute atomic E-state index is 5.71. The van der Waals surface area contributed by atoms with Gasteiger partial charge < -0.3 is 9.47 Å². The summed E-state index contributed by atoms with van der Waals surface area (Å²) in [5, 5.41) is 0. The SMILES string of the molecule is CCCCC(C)OCCOc1c#cc(-c2ccccc2)cc1. The molecule has 0 radical (unpaired) electrons. The van der Waals surface area contributed by atoms with Crippen LogP contribution >= 0.6 is 0 Å². The largest absolute Gasteiger partial charge is 0.483 e. The van der Waals surface area contributed by atoms with Gasteiger partial charge in [0.2, 0.25) is 0 Å². The number of hydrogen-bond acceptors (Lipinski definition) is 2. The molecule has 116 valence electrons. The van der Waals surface area contributed by atoms with Gasteiger partial charge in [0.25, 0.3) is 0 Å². The summed E-state index contributed by atoms with van der Waals surface area (Å²) in [5.41, 5.74) is 2.16. The van der Waals surface area contributed by atoms with Crippen molar-refractivity contribution in [3.8, 4) is 16.9 Å². The van der Waals surface area contributed by atoms with Gasteiger partial charge in [0.15, 0.2) is 5.75 Å². The topological polar surface area (TPSA) is 18.5 Å². The molecule has 22 heavy (non-hydrogen) atoms. The van der Waals surface area contributed by atoms with E-state index in [4.69, 9.17) is 9.47 Å². The van der Waals surface area contributed by atoms with Crippen LogP contribution in [-0.2, 0) is 4.74 Å². The van der Waals surface area contributed by atoms with Gasteiger partial charge in [0.1, 0.15) is 6.61 Å². The van der Waals surface area contributed by atoms with E-state index < -0.39 is 0 Å². The van der Waals surface area contributed by atoms with Crippen LogP contribution in [0.15, 0.2) is 42.5 Å². The van der Waals surface area contributed by atoms with Crippen LogP contribution in [0, 0.1) is 12.1 Å². The molecule has 0 fully saturated rings. The Labute approximate surface area is 134 Å². The fourth-order valence-corrected chi connectivity index (χ4v) is 2.22. The molecule has 2 aromatic carbocycles. The maximum Gasteiger partial charge on any atom is 0.170 e. The molecule has 0 aliphatic rings. The zero-order valence-corrected chi connectivity index (χ0v) is 13.5. The van der Waals surface area contributed by atoms with Gasteiger partial charge in [-0.25, -0.2) is 0 Å². The molecule has 0 amide bonds. The Morgan fingerprint density at radius 1 is 1.00 bits per heavy atom. The zero-order valence-electron chi connectivity index (χ0n) is 13.5. The van der Waals surface area contributed by atoms with E-state index in [-0.39, 0.29) is 0 Å². The van der Waals surface area contributed by atoms with E-state index in [1.54, 1.807) is 0 Å². The summed E-state index contributed by atoms with van der Waals surface area (Å²) in [6.45, 7) is 5.47. The molecule has 0 saturated carbocycles. The molecule has 2 nitrogen and oxygen atoms in total. The van der Waals surface area contributed by atoms with Gasteiger partial charge in [0.05, 0.1) is 12.7 Å².